The summed E-state index contributed by atoms with van der Waals surface area (Å²) in [5.41, 5.74) is 6.09. The maximum atomic E-state index is 12.5. The largest absolute Gasteiger partial charge is 0.496 e. The number of halogens is 1. The van der Waals surface area contributed by atoms with Crippen molar-refractivity contribution >= 4 is 29.2 Å². The predicted octanol–water partition coefficient (Wildman–Crippen LogP) is 3.17. The fourth-order valence-electron chi connectivity index (χ4n) is 5.70. The zero-order valence-corrected chi connectivity index (χ0v) is 16.2. The van der Waals surface area contributed by atoms with Crippen molar-refractivity contribution in [2.75, 3.05) is 19.5 Å². The van der Waals surface area contributed by atoms with Gasteiger partial charge in [-0.2, -0.15) is 0 Å². The fourth-order valence-corrected chi connectivity index (χ4v) is 5.87. The number of carbonyl (C=O) groups excluding carboxylic acids is 2. The summed E-state index contributed by atoms with van der Waals surface area (Å²) in [6.45, 7) is -0.314. The van der Waals surface area contributed by atoms with Crippen molar-refractivity contribution in [3.63, 3.8) is 0 Å². The van der Waals surface area contributed by atoms with Crippen LogP contribution in [0.25, 0.3) is 0 Å². The summed E-state index contributed by atoms with van der Waals surface area (Å²) in [6.07, 6.45) is 7.09. The van der Waals surface area contributed by atoms with Gasteiger partial charge in [0.2, 0.25) is 0 Å². The van der Waals surface area contributed by atoms with Crippen molar-refractivity contribution in [1.29, 1.82) is 0 Å². The van der Waals surface area contributed by atoms with Crippen LogP contribution in [0.15, 0.2) is 12.1 Å². The summed E-state index contributed by atoms with van der Waals surface area (Å²) >= 11 is 5.99. The monoisotopic (exact) mass is 392 g/mol. The van der Waals surface area contributed by atoms with Crippen LogP contribution in [-0.4, -0.2) is 31.1 Å². The summed E-state index contributed by atoms with van der Waals surface area (Å²) in [4.78, 5) is 24.8. The van der Waals surface area contributed by atoms with E-state index in [1.54, 1.807) is 0 Å². The van der Waals surface area contributed by atoms with Crippen LogP contribution in [0.1, 0.15) is 48.9 Å². The molecule has 1 aromatic carbocycles. The Morgan fingerprint density at radius 3 is 2.33 bits per heavy atom. The van der Waals surface area contributed by atoms with Gasteiger partial charge in [0.15, 0.2) is 6.61 Å². The highest BCUT2D eigenvalue weighted by atomic mass is 35.5. The van der Waals surface area contributed by atoms with Crippen molar-refractivity contribution in [3.8, 4) is 5.75 Å². The summed E-state index contributed by atoms with van der Waals surface area (Å²) in [7, 11) is 1.43. The third-order valence-electron chi connectivity index (χ3n) is 6.32. The van der Waals surface area contributed by atoms with Gasteiger partial charge in [0.05, 0.1) is 17.8 Å². The number of hydrogen-bond donors (Lipinski definition) is 2. The van der Waals surface area contributed by atoms with Crippen molar-refractivity contribution in [2.45, 2.75) is 44.1 Å². The number of anilines is 1. The van der Waals surface area contributed by atoms with Crippen molar-refractivity contribution in [1.82, 2.24) is 5.32 Å². The van der Waals surface area contributed by atoms with Crippen molar-refractivity contribution < 1.29 is 19.1 Å². The number of benzene rings is 1. The molecule has 4 aliphatic carbocycles. The van der Waals surface area contributed by atoms with Gasteiger partial charge in [-0.1, -0.05) is 11.6 Å². The molecule has 0 spiro atoms. The van der Waals surface area contributed by atoms with E-state index in [0.717, 1.165) is 37.0 Å². The van der Waals surface area contributed by atoms with Crippen molar-refractivity contribution in [3.05, 3.63) is 22.7 Å². The standard InChI is InChI=1S/C20H25ClN2O4/c1-26-17-6-16(22)15(21)5-14(17)19(25)27-10-18(24)23-20-7-11-2-12(8-20)4-13(3-11)9-20/h5-6,11-13H,2-4,7-10,22H2,1H3,(H,23,24). The first kappa shape index (κ1) is 18.4. The Morgan fingerprint density at radius 2 is 1.78 bits per heavy atom. The third kappa shape index (κ3) is 3.59. The van der Waals surface area contributed by atoms with E-state index in [-0.39, 0.29) is 34.4 Å². The summed E-state index contributed by atoms with van der Waals surface area (Å²) in [5.74, 6) is 1.57. The Bertz CT molecular complexity index is 744. The van der Waals surface area contributed by atoms with Crippen LogP contribution in [-0.2, 0) is 9.53 Å². The van der Waals surface area contributed by atoms with Crippen LogP contribution in [0.5, 0.6) is 5.75 Å². The Balaban J connectivity index is 1.37. The molecular weight excluding hydrogens is 368 g/mol. The van der Waals surface area contributed by atoms with E-state index in [1.165, 1.54) is 38.5 Å². The number of nitrogen functional groups attached to an aromatic ring is 1. The SMILES string of the molecule is COc1cc(N)c(Cl)cc1C(=O)OCC(=O)NC12CC3CC(CC(C3)C1)C2. The van der Waals surface area contributed by atoms with E-state index in [0.29, 0.717) is 5.69 Å². The van der Waals surface area contributed by atoms with Gasteiger partial charge in [-0.25, -0.2) is 4.79 Å². The molecule has 27 heavy (non-hydrogen) atoms. The van der Waals surface area contributed by atoms with Gasteiger partial charge in [-0.05, 0) is 62.3 Å². The van der Waals surface area contributed by atoms with E-state index in [9.17, 15) is 9.59 Å². The maximum absolute atomic E-state index is 12.5. The molecule has 0 aliphatic heterocycles. The molecule has 0 atom stereocenters. The lowest BCUT2D eigenvalue weighted by atomic mass is 9.53. The second-order valence-corrected chi connectivity index (χ2v) is 8.80. The molecule has 0 saturated heterocycles. The first-order valence-corrected chi connectivity index (χ1v) is 9.86. The van der Waals surface area contributed by atoms with Gasteiger partial charge < -0.3 is 20.5 Å². The van der Waals surface area contributed by atoms with Crippen LogP contribution in [0.3, 0.4) is 0 Å². The molecule has 6 nitrogen and oxygen atoms in total. The quantitative estimate of drug-likeness (QED) is 0.593. The Labute approximate surface area is 163 Å². The molecule has 0 aromatic heterocycles. The molecule has 4 bridgehead atoms. The van der Waals surface area contributed by atoms with Gasteiger partial charge in [0.1, 0.15) is 11.3 Å². The second kappa shape index (κ2) is 6.89. The zero-order valence-electron chi connectivity index (χ0n) is 15.4. The average molecular weight is 393 g/mol. The zero-order chi connectivity index (χ0) is 19.2. The Morgan fingerprint density at radius 1 is 1.19 bits per heavy atom. The number of methoxy groups -OCH3 is 1. The molecule has 4 saturated carbocycles. The van der Waals surface area contributed by atoms with E-state index >= 15 is 0 Å². The lowest BCUT2D eigenvalue weighted by Crippen LogP contribution is -2.60. The third-order valence-corrected chi connectivity index (χ3v) is 6.64. The molecule has 0 radical (unpaired) electrons. The molecule has 3 N–H and O–H groups in total. The summed E-state index contributed by atoms with van der Waals surface area (Å²) in [6, 6.07) is 2.86. The molecule has 5 rings (SSSR count). The fraction of sp³-hybridized carbons (Fsp3) is 0.600. The summed E-state index contributed by atoms with van der Waals surface area (Å²) < 4.78 is 10.4. The smallest absolute Gasteiger partial charge is 0.342 e. The van der Waals surface area contributed by atoms with Crippen LogP contribution in [0.2, 0.25) is 5.02 Å². The molecule has 146 valence electrons. The highest BCUT2D eigenvalue weighted by molar-refractivity contribution is 6.33. The maximum Gasteiger partial charge on any atom is 0.342 e. The van der Waals surface area contributed by atoms with Gasteiger partial charge in [0, 0.05) is 11.6 Å². The minimum atomic E-state index is -0.658. The van der Waals surface area contributed by atoms with Crippen molar-refractivity contribution in [2.24, 2.45) is 17.8 Å². The first-order valence-electron chi connectivity index (χ1n) is 9.48. The van der Waals surface area contributed by atoms with Gasteiger partial charge >= 0.3 is 5.97 Å². The van der Waals surface area contributed by atoms with E-state index in [4.69, 9.17) is 26.8 Å². The lowest BCUT2D eigenvalue weighted by molar-refractivity contribution is -0.130. The number of nitrogens with two attached hydrogens (primary N) is 1. The molecular formula is C20H25ClN2O4. The number of nitrogens with one attached hydrogen (secondary N) is 1. The van der Waals surface area contributed by atoms with Gasteiger partial charge in [-0.3, -0.25) is 4.79 Å². The first-order chi connectivity index (χ1) is 12.9. The topological polar surface area (TPSA) is 90.7 Å². The number of amides is 1. The number of esters is 1. The minimum absolute atomic E-state index is 0.0968. The number of carbonyl (C=O) groups is 2. The highest BCUT2D eigenvalue weighted by Crippen LogP contribution is 2.55. The molecule has 4 fully saturated rings. The van der Waals surface area contributed by atoms with Crippen LogP contribution < -0.4 is 15.8 Å². The van der Waals surface area contributed by atoms with E-state index in [2.05, 4.69) is 5.32 Å². The molecule has 1 amide bonds. The molecule has 0 unspecified atom stereocenters. The normalized spacial score (nSPS) is 30.8. The number of ether oxygens (including phenoxy) is 2. The highest BCUT2D eigenvalue weighted by Gasteiger charge is 2.51. The van der Waals surface area contributed by atoms with E-state index in [1.807, 2.05) is 0 Å². The predicted molar refractivity (Wildman–Crippen MR) is 102 cm³/mol. The molecule has 0 heterocycles. The van der Waals surface area contributed by atoms with Crippen LogP contribution >= 0.6 is 11.6 Å². The number of hydrogen-bond acceptors (Lipinski definition) is 5. The second-order valence-electron chi connectivity index (χ2n) is 8.40. The number of rotatable bonds is 5. The molecule has 4 aliphatic rings. The average Bonchev–Trinajstić information content (AvgIpc) is 2.60. The molecule has 1 aromatic rings. The van der Waals surface area contributed by atoms with Crippen LogP contribution in [0, 0.1) is 17.8 Å². The van der Waals surface area contributed by atoms with Gasteiger partial charge in [-0.15, -0.1) is 0 Å². The van der Waals surface area contributed by atoms with E-state index < -0.39 is 5.97 Å². The Hall–Kier alpha value is -1.95. The minimum Gasteiger partial charge on any atom is -0.496 e. The molecule has 7 heteroatoms. The Kier molecular flexibility index (Phi) is 4.70. The van der Waals surface area contributed by atoms with Gasteiger partial charge in [0.25, 0.3) is 5.91 Å². The van der Waals surface area contributed by atoms with Crippen LogP contribution in [0.4, 0.5) is 5.69 Å². The lowest BCUT2D eigenvalue weighted by Gasteiger charge is -2.56. The summed E-state index contributed by atoms with van der Waals surface area (Å²) in [5, 5.41) is 3.42.